The molecule has 1 unspecified atom stereocenters. The molecule has 0 amide bonds. The molecule has 3 rings (SSSR count). The van der Waals surface area contributed by atoms with Gasteiger partial charge in [0, 0.05) is 43.3 Å². The molecule has 1 fully saturated rings. The van der Waals surface area contributed by atoms with Crippen molar-refractivity contribution < 1.29 is 13.9 Å². The van der Waals surface area contributed by atoms with Gasteiger partial charge >= 0.3 is 0 Å². The summed E-state index contributed by atoms with van der Waals surface area (Å²) in [6.45, 7) is 7.22. The molecule has 1 aliphatic rings. The van der Waals surface area contributed by atoms with Crippen molar-refractivity contribution in [2.24, 2.45) is 0 Å². The molecule has 1 N–H and O–H groups in total. The normalized spacial score (nSPS) is 17.2. The zero-order valence-corrected chi connectivity index (χ0v) is 16.5. The molecule has 27 heavy (non-hydrogen) atoms. The van der Waals surface area contributed by atoms with E-state index < -0.39 is 0 Å². The summed E-state index contributed by atoms with van der Waals surface area (Å²) in [5.41, 5.74) is 2.63. The van der Waals surface area contributed by atoms with E-state index in [4.69, 9.17) is 4.74 Å². The van der Waals surface area contributed by atoms with E-state index >= 15 is 0 Å². The number of benzene rings is 2. The Morgan fingerprint density at radius 3 is 2.81 bits per heavy atom. The molecule has 0 saturated carbocycles. The van der Waals surface area contributed by atoms with E-state index in [1.165, 1.54) is 6.07 Å². The second kappa shape index (κ2) is 9.83. The summed E-state index contributed by atoms with van der Waals surface area (Å²) >= 11 is 0. The number of hydrogen-bond acceptors (Lipinski definition) is 4. The zero-order valence-electron chi connectivity index (χ0n) is 15.7. The van der Waals surface area contributed by atoms with Crippen LogP contribution in [0.4, 0.5) is 4.39 Å². The third-order valence-electron chi connectivity index (χ3n) is 4.73. The molecule has 6 heteroatoms. The number of carbonyl (C=O) groups excluding carboxylic acids is 1. The number of piperazine rings is 1. The minimum Gasteiger partial charge on any atom is -0.494 e. The third kappa shape index (κ3) is 5.28. The van der Waals surface area contributed by atoms with Gasteiger partial charge in [-0.25, -0.2) is 4.39 Å². The maximum atomic E-state index is 13.7. The van der Waals surface area contributed by atoms with Crippen molar-refractivity contribution in [2.75, 3.05) is 26.2 Å². The Morgan fingerprint density at radius 1 is 1.30 bits per heavy atom. The standard InChI is InChI=1S/C21H25FN2O2.ClH/c1-3-26-21-8-7-16(15(2)25)11-18(21)14-24-10-9-23-13-20(24)17-5-4-6-19(22)12-17;/h4-8,11-12,20,23H,3,9-10,13-14H2,1-2H3;1H. The summed E-state index contributed by atoms with van der Waals surface area (Å²) < 4.78 is 19.4. The molecule has 1 aliphatic heterocycles. The summed E-state index contributed by atoms with van der Waals surface area (Å²) in [4.78, 5) is 14.1. The van der Waals surface area contributed by atoms with E-state index in [1.807, 2.05) is 25.1 Å². The van der Waals surface area contributed by atoms with Crippen molar-refractivity contribution in [3.05, 3.63) is 65.0 Å². The lowest BCUT2D eigenvalue weighted by Crippen LogP contribution is -2.45. The van der Waals surface area contributed by atoms with E-state index in [9.17, 15) is 9.18 Å². The third-order valence-corrected chi connectivity index (χ3v) is 4.73. The van der Waals surface area contributed by atoms with Gasteiger partial charge in [-0.1, -0.05) is 12.1 Å². The van der Waals surface area contributed by atoms with E-state index in [1.54, 1.807) is 25.1 Å². The summed E-state index contributed by atoms with van der Waals surface area (Å²) in [5, 5.41) is 3.39. The predicted molar refractivity (Wildman–Crippen MR) is 107 cm³/mol. The maximum absolute atomic E-state index is 13.7. The average molecular weight is 393 g/mol. The first-order valence-corrected chi connectivity index (χ1v) is 9.05. The molecule has 4 nitrogen and oxygen atoms in total. The fourth-order valence-electron chi connectivity index (χ4n) is 3.42. The molecule has 1 saturated heterocycles. The number of carbonyl (C=O) groups is 1. The van der Waals surface area contributed by atoms with Gasteiger partial charge in [0.05, 0.1) is 6.61 Å². The SMILES string of the molecule is CCOc1ccc(C(C)=O)cc1CN1CCNCC1c1cccc(F)c1.Cl. The summed E-state index contributed by atoms with van der Waals surface area (Å²) in [6, 6.07) is 12.4. The predicted octanol–water partition coefficient (Wildman–Crippen LogP) is 4.00. The van der Waals surface area contributed by atoms with E-state index in [2.05, 4.69) is 10.2 Å². The van der Waals surface area contributed by atoms with Gasteiger partial charge in [0.2, 0.25) is 0 Å². The Hall–Kier alpha value is -1.95. The molecule has 0 spiro atoms. The van der Waals surface area contributed by atoms with Crippen molar-refractivity contribution in [3.8, 4) is 5.75 Å². The lowest BCUT2D eigenvalue weighted by atomic mass is 10.0. The van der Waals surface area contributed by atoms with Crippen LogP contribution in [0.25, 0.3) is 0 Å². The highest BCUT2D eigenvalue weighted by molar-refractivity contribution is 5.94. The molecule has 0 aromatic heterocycles. The van der Waals surface area contributed by atoms with E-state index in [0.717, 1.165) is 36.5 Å². The number of hydrogen-bond donors (Lipinski definition) is 1. The maximum Gasteiger partial charge on any atom is 0.159 e. The Balaban J connectivity index is 0.00000261. The Morgan fingerprint density at radius 2 is 2.11 bits per heavy atom. The fraction of sp³-hybridized carbons (Fsp3) is 0.381. The highest BCUT2D eigenvalue weighted by Crippen LogP contribution is 2.28. The van der Waals surface area contributed by atoms with Gasteiger partial charge in [0.15, 0.2) is 5.78 Å². The molecule has 0 aliphatic carbocycles. The smallest absolute Gasteiger partial charge is 0.159 e. The first-order chi connectivity index (χ1) is 12.6. The van der Waals surface area contributed by atoms with E-state index in [0.29, 0.717) is 18.7 Å². The molecule has 1 atom stereocenters. The minimum atomic E-state index is -0.221. The van der Waals surface area contributed by atoms with Gasteiger partial charge in [-0.2, -0.15) is 0 Å². The Labute approximate surface area is 166 Å². The van der Waals surface area contributed by atoms with Crippen LogP contribution in [0.5, 0.6) is 5.75 Å². The van der Waals surface area contributed by atoms with Crippen LogP contribution < -0.4 is 10.1 Å². The van der Waals surface area contributed by atoms with Crippen LogP contribution >= 0.6 is 12.4 Å². The monoisotopic (exact) mass is 392 g/mol. The summed E-state index contributed by atoms with van der Waals surface area (Å²) in [6.07, 6.45) is 0. The highest BCUT2D eigenvalue weighted by Gasteiger charge is 2.25. The first-order valence-electron chi connectivity index (χ1n) is 9.05. The van der Waals surface area contributed by atoms with Crippen molar-refractivity contribution >= 4 is 18.2 Å². The topological polar surface area (TPSA) is 41.6 Å². The largest absolute Gasteiger partial charge is 0.494 e. The van der Waals surface area contributed by atoms with Gasteiger partial charge in [-0.15, -0.1) is 12.4 Å². The van der Waals surface area contributed by atoms with E-state index in [-0.39, 0.29) is 30.0 Å². The second-order valence-corrected chi connectivity index (χ2v) is 6.56. The Kier molecular flexibility index (Phi) is 7.78. The van der Waals surface area contributed by atoms with Crippen molar-refractivity contribution in [1.29, 1.82) is 0 Å². The number of halogens is 2. The second-order valence-electron chi connectivity index (χ2n) is 6.56. The zero-order chi connectivity index (χ0) is 18.5. The van der Waals surface area contributed by atoms with Gasteiger partial charge in [0.25, 0.3) is 0 Å². The van der Waals surface area contributed by atoms with Gasteiger partial charge < -0.3 is 10.1 Å². The molecule has 0 bridgehead atoms. The van der Waals surface area contributed by atoms with Crippen LogP contribution in [0, 0.1) is 5.82 Å². The number of rotatable bonds is 6. The Bertz CT molecular complexity index is 785. The van der Waals surface area contributed by atoms with Crippen LogP contribution in [0.1, 0.15) is 41.4 Å². The number of ether oxygens (including phenoxy) is 1. The quantitative estimate of drug-likeness (QED) is 0.754. The first kappa shape index (κ1) is 21.4. The molecule has 0 radical (unpaired) electrons. The minimum absolute atomic E-state index is 0. The van der Waals surface area contributed by atoms with Crippen molar-refractivity contribution in [1.82, 2.24) is 10.2 Å². The highest BCUT2D eigenvalue weighted by atomic mass is 35.5. The van der Waals surface area contributed by atoms with Crippen molar-refractivity contribution in [3.63, 3.8) is 0 Å². The van der Waals surface area contributed by atoms with Crippen LogP contribution in [0.2, 0.25) is 0 Å². The van der Waals surface area contributed by atoms with Crippen molar-refractivity contribution in [2.45, 2.75) is 26.4 Å². The number of Topliss-reactive ketones (excluding diaryl/α,β-unsaturated/α-hetero) is 1. The van der Waals surface area contributed by atoms with Gasteiger partial charge in [0.1, 0.15) is 11.6 Å². The fourth-order valence-corrected chi connectivity index (χ4v) is 3.42. The van der Waals surface area contributed by atoms with Crippen LogP contribution in [0.15, 0.2) is 42.5 Å². The summed E-state index contributed by atoms with van der Waals surface area (Å²) in [7, 11) is 0. The summed E-state index contributed by atoms with van der Waals surface area (Å²) in [5.74, 6) is 0.618. The average Bonchev–Trinajstić information content (AvgIpc) is 2.63. The number of nitrogens with zero attached hydrogens (tertiary/aromatic N) is 1. The molecule has 2 aromatic rings. The van der Waals surface area contributed by atoms with Crippen LogP contribution in [0.3, 0.4) is 0 Å². The molecular formula is C21H26ClFN2O2. The van der Waals surface area contributed by atoms with Gasteiger partial charge in [-0.3, -0.25) is 9.69 Å². The molecule has 146 valence electrons. The van der Waals surface area contributed by atoms with Crippen LogP contribution in [-0.2, 0) is 6.54 Å². The van der Waals surface area contributed by atoms with Crippen LogP contribution in [-0.4, -0.2) is 36.9 Å². The lowest BCUT2D eigenvalue weighted by Gasteiger charge is -2.37. The molecular weight excluding hydrogens is 367 g/mol. The molecule has 2 aromatic carbocycles. The number of nitrogens with one attached hydrogen (secondary N) is 1. The van der Waals surface area contributed by atoms with Gasteiger partial charge in [-0.05, 0) is 49.7 Å². The lowest BCUT2D eigenvalue weighted by molar-refractivity contribution is 0.101. The number of ketones is 1. The molecule has 1 heterocycles.